The first-order valence-corrected chi connectivity index (χ1v) is 12.7. The molecule has 208 valence electrons. The van der Waals surface area contributed by atoms with Crippen LogP contribution >= 0.6 is 0 Å². The lowest BCUT2D eigenvalue weighted by atomic mass is 9.90. The number of carbonyl (C=O) groups is 2. The van der Waals surface area contributed by atoms with E-state index >= 15 is 0 Å². The van der Waals surface area contributed by atoms with Crippen LogP contribution in [0.2, 0.25) is 0 Å². The maximum atomic E-state index is 13.9. The molecule has 3 aromatic carbocycles. The Morgan fingerprint density at radius 3 is 2.21 bits per heavy atom. The molecule has 0 fully saturated rings. The molecule has 0 radical (unpaired) electrons. The molecule has 0 aliphatic carbocycles. The minimum atomic E-state index is -4.70. The van der Waals surface area contributed by atoms with Gasteiger partial charge in [0, 0.05) is 18.7 Å². The van der Waals surface area contributed by atoms with Gasteiger partial charge in [0.15, 0.2) is 0 Å². The van der Waals surface area contributed by atoms with Gasteiger partial charge in [-0.2, -0.15) is 13.2 Å². The maximum Gasteiger partial charge on any atom is 0.416 e. The zero-order valence-electron chi connectivity index (χ0n) is 22.5. The fourth-order valence-corrected chi connectivity index (χ4v) is 4.46. The van der Waals surface area contributed by atoms with E-state index in [1.807, 2.05) is 50.2 Å². The van der Waals surface area contributed by atoms with Crippen LogP contribution in [0.1, 0.15) is 48.6 Å². The first-order chi connectivity index (χ1) is 18.6. The number of nitrogens with one attached hydrogen (secondary N) is 1. The molecule has 0 spiro atoms. The second kappa shape index (κ2) is 13.2. The van der Waals surface area contributed by atoms with Crippen LogP contribution in [0.5, 0.6) is 5.75 Å². The van der Waals surface area contributed by atoms with Gasteiger partial charge in [-0.1, -0.05) is 61.5 Å². The van der Waals surface area contributed by atoms with E-state index in [4.69, 9.17) is 4.74 Å². The summed E-state index contributed by atoms with van der Waals surface area (Å²) in [6.07, 6.45) is -4.72. The van der Waals surface area contributed by atoms with Gasteiger partial charge in [-0.25, -0.2) is 4.79 Å². The molecule has 0 heterocycles. The highest BCUT2D eigenvalue weighted by Gasteiger charge is 2.35. The largest absolute Gasteiger partial charge is 0.496 e. The summed E-state index contributed by atoms with van der Waals surface area (Å²) < 4.78 is 51.6. The summed E-state index contributed by atoms with van der Waals surface area (Å²) in [6.45, 7) is 4.74. The van der Waals surface area contributed by atoms with Crippen molar-refractivity contribution in [2.45, 2.75) is 45.5 Å². The Hall–Kier alpha value is -4.01. The van der Waals surface area contributed by atoms with Crippen LogP contribution in [0, 0.1) is 0 Å². The van der Waals surface area contributed by atoms with Crippen LogP contribution in [0.4, 0.5) is 18.0 Å². The lowest BCUT2D eigenvalue weighted by Gasteiger charge is -2.27. The first kappa shape index (κ1) is 29.5. The molecule has 0 saturated carbocycles. The smallest absolute Gasteiger partial charge is 0.416 e. The summed E-state index contributed by atoms with van der Waals surface area (Å²) in [5, 5.41) is 3.09. The third-order valence-electron chi connectivity index (χ3n) is 6.51. The van der Waals surface area contributed by atoms with Gasteiger partial charge in [-0.15, -0.1) is 0 Å². The fourth-order valence-electron chi connectivity index (χ4n) is 4.46. The number of hydrogen-bond donors (Lipinski definition) is 1. The van der Waals surface area contributed by atoms with Crippen molar-refractivity contribution in [1.82, 2.24) is 10.2 Å². The van der Waals surface area contributed by atoms with E-state index in [0.29, 0.717) is 36.2 Å². The molecule has 6 nitrogen and oxygen atoms in total. The molecule has 0 aliphatic rings. The molecule has 3 aromatic rings. The van der Waals surface area contributed by atoms with Crippen molar-refractivity contribution in [1.29, 1.82) is 0 Å². The predicted octanol–water partition coefficient (Wildman–Crippen LogP) is 6.78. The van der Waals surface area contributed by atoms with Gasteiger partial charge < -0.3 is 19.7 Å². The molecule has 1 N–H and O–H groups in total. The summed E-state index contributed by atoms with van der Waals surface area (Å²) in [5.74, 6) is -0.787. The number of benzene rings is 3. The van der Waals surface area contributed by atoms with Crippen molar-refractivity contribution >= 4 is 12.0 Å². The zero-order valence-corrected chi connectivity index (χ0v) is 22.5. The molecule has 0 aromatic heterocycles. The Morgan fingerprint density at radius 1 is 0.949 bits per heavy atom. The number of nitrogens with zero attached hydrogens (tertiary/aromatic N) is 1. The van der Waals surface area contributed by atoms with E-state index < -0.39 is 30.2 Å². The summed E-state index contributed by atoms with van der Waals surface area (Å²) in [5.41, 5.74) is 1.49. The van der Waals surface area contributed by atoms with Crippen molar-refractivity contribution in [3.63, 3.8) is 0 Å². The molecule has 1 atom stereocenters. The van der Waals surface area contributed by atoms with Crippen molar-refractivity contribution in [2.75, 3.05) is 20.8 Å². The molecule has 9 heteroatoms. The van der Waals surface area contributed by atoms with Crippen LogP contribution in [-0.2, 0) is 28.7 Å². The van der Waals surface area contributed by atoms with E-state index in [2.05, 4.69) is 10.1 Å². The van der Waals surface area contributed by atoms with Crippen LogP contribution in [0.3, 0.4) is 0 Å². The van der Waals surface area contributed by atoms with E-state index in [0.717, 1.165) is 18.7 Å². The molecule has 1 unspecified atom stereocenters. The molecular formula is C30H33F3N2O4. The highest BCUT2D eigenvalue weighted by atomic mass is 19.4. The van der Waals surface area contributed by atoms with Crippen molar-refractivity contribution in [2.24, 2.45) is 0 Å². The van der Waals surface area contributed by atoms with E-state index in [-0.39, 0.29) is 17.3 Å². The number of amides is 2. The number of ether oxygens (including phenoxy) is 2. The number of hydrogen-bond acceptors (Lipinski definition) is 4. The van der Waals surface area contributed by atoms with Crippen LogP contribution in [-0.4, -0.2) is 37.7 Å². The average molecular weight is 543 g/mol. The quantitative estimate of drug-likeness (QED) is 0.287. The molecule has 0 saturated heterocycles. The summed E-state index contributed by atoms with van der Waals surface area (Å²) in [4.78, 5) is 26.9. The van der Waals surface area contributed by atoms with Crippen molar-refractivity contribution in [3.05, 3.63) is 89.0 Å². The first-order valence-electron chi connectivity index (χ1n) is 12.7. The lowest BCUT2D eigenvalue weighted by Crippen LogP contribution is -2.41. The number of halogens is 3. The highest BCUT2D eigenvalue weighted by Crippen LogP contribution is 2.42. The Bertz CT molecular complexity index is 1280. The van der Waals surface area contributed by atoms with Gasteiger partial charge in [0.05, 0.1) is 32.2 Å². The van der Waals surface area contributed by atoms with Crippen LogP contribution < -0.4 is 10.1 Å². The van der Waals surface area contributed by atoms with Crippen LogP contribution in [0.15, 0.2) is 66.7 Å². The third-order valence-corrected chi connectivity index (χ3v) is 6.51. The normalized spacial score (nSPS) is 12.0. The topological polar surface area (TPSA) is 67.9 Å². The Balaban J connectivity index is 2.03. The Labute approximate surface area is 226 Å². The fraction of sp³-hybridized carbons (Fsp3) is 0.333. The third kappa shape index (κ3) is 7.31. The average Bonchev–Trinajstić information content (AvgIpc) is 2.94. The van der Waals surface area contributed by atoms with Gasteiger partial charge in [0.1, 0.15) is 5.75 Å². The summed E-state index contributed by atoms with van der Waals surface area (Å²) >= 11 is 0. The zero-order chi connectivity index (χ0) is 28.6. The van der Waals surface area contributed by atoms with Gasteiger partial charge in [-0.3, -0.25) is 4.79 Å². The minimum absolute atomic E-state index is 0.00355. The summed E-state index contributed by atoms with van der Waals surface area (Å²) in [6, 6.07) is 18.3. The number of urea groups is 1. The van der Waals surface area contributed by atoms with Crippen LogP contribution in [0.25, 0.3) is 11.1 Å². The highest BCUT2D eigenvalue weighted by molar-refractivity contribution is 5.80. The SMILES string of the molecule is CCC(NC(=O)N(CC)Cc1ccccc1)c1ccccc1-c1cc(CC(=O)OC)c(C(F)(F)F)cc1OC. The number of rotatable bonds is 10. The van der Waals surface area contributed by atoms with Gasteiger partial charge in [0.25, 0.3) is 0 Å². The van der Waals surface area contributed by atoms with Gasteiger partial charge >= 0.3 is 18.2 Å². The standard InChI is InChI=1S/C30H33F3N2O4/c1-5-26(34-29(37)35(6-2)19-20-12-8-7-9-13-20)23-15-11-10-14-22(23)24-16-21(17-28(36)39-4)25(30(31,32)33)18-27(24)38-3/h7-16,18,26H,5-6,17,19H2,1-4H3,(H,34,37). The number of alkyl halides is 3. The number of methoxy groups -OCH3 is 2. The molecule has 2 amide bonds. The van der Waals surface area contributed by atoms with E-state index in [1.165, 1.54) is 13.2 Å². The molecular weight excluding hydrogens is 509 g/mol. The Kier molecular flexibility index (Phi) is 9.98. The number of carbonyl (C=O) groups excluding carboxylic acids is 2. The van der Waals surface area contributed by atoms with Gasteiger partial charge in [0.2, 0.25) is 0 Å². The Morgan fingerprint density at radius 2 is 1.62 bits per heavy atom. The molecule has 39 heavy (non-hydrogen) atoms. The minimum Gasteiger partial charge on any atom is -0.496 e. The predicted molar refractivity (Wildman–Crippen MR) is 143 cm³/mol. The number of esters is 1. The molecule has 0 aliphatic heterocycles. The second-order valence-electron chi connectivity index (χ2n) is 8.96. The maximum absolute atomic E-state index is 13.9. The van der Waals surface area contributed by atoms with Gasteiger partial charge in [-0.05, 0) is 47.7 Å². The van der Waals surface area contributed by atoms with E-state index in [1.54, 1.807) is 23.1 Å². The lowest BCUT2D eigenvalue weighted by molar-refractivity contribution is -0.141. The monoisotopic (exact) mass is 542 g/mol. The molecule has 3 rings (SSSR count). The second-order valence-corrected chi connectivity index (χ2v) is 8.96. The molecule has 0 bridgehead atoms. The van der Waals surface area contributed by atoms with E-state index in [9.17, 15) is 22.8 Å². The van der Waals surface area contributed by atoms with Crippen molar-refractivity contribution in [3.8, 4) is 16.9 Å². The van der Waals surface area contributed by atoms with Crippen molar-refractivity contribution < 1.29 is 32.2 Å². The summed E-state index contributed by atoms with van der Waals surface area (Å²) in [7, 11) is 2.42.